The van der Waals surface area contributed by atoms with Gasteiger partial charge in [0.05, 0.1) is 13.2 Å². The molecule has 2 rings (SSSR count). The topological polar surface area (TPSA) is 61.9 Å². The summed E-state index contributed by atoms with van der Waals surface area (Å²) in [5, 5.41) is 0. The lowest BCUT2D eigenvalue weighted by Gasteiger charge is -2.39. The highest BCUT2D eigenvalue weighted by atomic mass is 32.2. The van der Waals surface area contributed by atoms with Crippen LogP contribution in [0.3, 0.4) is 0 Å². The van der Waals surface area contributed by atoms with E-state index in [4.69, 9.17) is 4.74 Å². The average Bonchev–Trinajstić information content (AvgIpc) is 2.47. The molecule has 1 atom stereocenters. The number of rotatable bonds is 4. The van der Waals surface area contributed by atoms with E-state index in [0.29, 0.717) is 19.6 Å². The van der Waals surface area contributed by atoms with Crippen LogP contribution in [0.15, 0.2) is 24.3 Å². The average molecular weight is 299 g/mol. The number of hydrogen-bond acceptors (Lipinski definition) is 4. The maximum atomic E-state index is 12.0. The number of nitrogens with zero attached hydrogens (tertiary/aromatic N) is 2. The predicted octanol–water partition coefficient (Wildman–Crippen LogP) is 0.448. The standard InChI is InChI=1S/C13H21N3O3S/c1-14-20(17,18)16-9-8-15(2)12(10-16)11-6-4-5-7-13(11)19-3/h4-7,12,14H,8-10H2,1-3H3. The first-order valence-corrected chi connectivity index (χ1v) is 7.95. The third-order valence-electron chi connectivity index (χ3n) is 3.71. The van der Waals surface area contributed by atoms with Gasteiger partial charge < -0.3 is 4.74 Å². The van der Waals surface area contributed by atoms with E-state index in [0.717, 1.165) is 11.3 Å². The highest BCUT2D eigenvalue weighted by Gasteiger charge is 2.32. The summed E-state index contributed by atoms with van der Waals surface area (Å²) >= 11 is 0. The van der Waals surface area contributed by atoms with Crippen molar-refractivity contribution in [3.05, 3.63) is 29.8 Å². The Morgan fingerprint density at radius 1 is 1.30 bits per heavy atom. The number of benzene rings is 1. The van der Waals surface area contributed by atoms with Gasteiger partial charge in [-0.2, -0.15) is 12.7 Å². The van der Waals surface area contributed by atoms with Crippen molar-refractivity contribution in [3.63, 3.8) is 0 Å². The number of methoxy groups -OCH3 is 1. The fourth-order valence-corrected chi connectivity index (χ4v) is 3.39. The van der Waals surface area contributed by atoms with Crippen molar-refractivity contribution in [1.82, 2.24) is 13.9 Å². The van der Waals surface area contributed by atoms with E-state index in [2.05, 4.69) is 9.62 Å². The van der Waals surface area contributed by atoms with E-state index in [9.17, 15) is 8.42 Å². The van der Waals surface area contributed by atoms with Gasteiger partial charge in [0.2, 0.25) is 0 Å². The molecule has 1 aliphatic heterocycles. The molecule has 6 nitrogen and oxygen atoms in total. The normalized spacial score (nSPS) is 21.9. The van der Waals surface area contributed by atoms with Crippen LogP contribution in [0.25, 0.3) is 0 Å². The molecule has 0 amide bonds. The quantitative estimate of drug-likeness (QED) is 0.877. The molecule has 1 fully saturated rings. The highest BCUT2D eigenvalue weighted by Crippen LogP contribution is 2.31. The minimum absolute atomic E-state index is 0.0111. The van der Waals surface area contributed by atoms with Crippen molar-refractivity contribution in [3.8, 4) is 5.75 Å². The maximum absolute atomic E-state index is 12.0. The van der Waals surface area contributed by atoms with Crippen molar-refractivity contribution in [1.29, 1.82) is 0 Å². The molecule has 0 spiro atoms. The third kappa shape index (κ3) is 2.95. The van der Waals surface area contributed by atoms with Gasteiger partial charge in [-0.15, -0.1) is 0 Å². The molecule has 112 valence electrons. The molecule has 1 heterocycles. The van der Waals surface area contributed by atoms with Gasteiger partial charge in [0.1, 0.15) is 5.75 Å². The molecule has 7 heteroatoms. The lowest BCUT2D eigenvalue weighted by molar-refractivity contribution is 0.145. The Labute approximate surface area is 120 Å². The summed E-state index contributed by atoms with van der Waals surface area (Å²) in [6, 6.07) is 7.72. The van der Waals surface area contributed by atoms with Crippen LogP contribution in [0.1, 0.15) is 11.6 Å². The Morgan fingerprint density at radius 2 is 2.00 bits per heavy atom. The molecule has 1 aliphatic rings. The van der Waals surface area contributed by atoms with Crippen molar-refractivity contribution in [2.45, 2.75) is 6.04 Å². The van der Waals surface area contributed by atoms with E-state index >= 15 is 0 Å². The van der Waals surface area contributed by atoms with Gasteiger partial charge in [-0.1, -0.05) is 18.2 Å². The van der Waals surface area contributed by atoms with Crippen LogP contribution in [0, 0.1) is 0 Å². The second-order valence-corrected chi connectivity index (χ2v) is 6.68. The molecule has 0 bridgehead atoms. The van der Waals surface area contributed by atoms with Gasteiger partial charge in [-0.05, 0) is 13.1 Å². The fraction of sp³-hybridized carbons (Fsp3) is 0.538. The predicted molar refractivity (Wildman–Crippen MR) is 77.9 cm³/mol. The van der Waals surface area contributed by atoms with Gasteiger partial charge in [-0.3, -0.25) is 4.90 Å². The van der Waals surface area contributed by atoms with Crippen LogP contribution in [0.2, 0.25) is 0 Å². The summed E-state index contributed by atoms with van der Waals surface area (Å²) in [5.41, 5.74) is 1.01. The van der Waals surface area contributed by atoms with Crippen molar-refractivity contribution in [2.75, 3.05) is 40.8 Å². The zero-order valence-electron chi connectivity index (χ0n) is 12.0. The van der Waals surface area contributed by atoms with Crippen molar-refractivity contribution < 1.29 is 13.2 Å². The Balaban J connectivity index is 2.30. The summed E-state index contributed by atoms with van der Waals surface area (Å²) < 4.78 is 33.1. The summed E-state index contributed by atoms with van der Waals surface area (Å²) in [6.45, 7) is 1.59. The summed E-state index contributed by atoms with van der Waals surface area (Å²) in [4.78, 5) is 2.15. The number of para-hydroxylation sites is 1. The maximum Gasteiger partial charge on any atom is 0.279 e. The van der Waals surface area contributed by atoms with Crippen molar-refractivity contribution in [2.24, 2.45) is 0 Å². The second-order valence-electron chi connectivity index (χ2n) is 4.81. The molecule has 20 heavy (non-hydrogen) atoms. The van der Waals surface area contributed by atoms with Gasteiger partial charge in [0.15, 0.2) is 0 Å². The zero-order valence-corrected chi connectivity index (χ0v) is 12.9. The molecule has 0 saturated carbocycles. The molecule has 1 saturated heterocycles. The van der Waals surface area contributed by atoms with Gasteiger partial charge in [-0.25, -0.2) is 4.72 Å². The van der Waals surface area contributed by atoms with E-state index in [1.54, 1.807) is 7.11 Å². The van der Waals surface area contributed by atoms with E-state index in [1.165, 1.54) is 11.4 Å². The van der Waals surface area contributed by atoms with Gasteiger partial charge in [0.25, 0.3) is 10.2 Å². The van der Waals surface area contributed by atoms with E-state index < -0.39 is 10.2 Å². The molecule has 0 aromatic heterocycles. The summed E-state index contributed by atoms with van der Waals surface area (Å²) in [5.74, 6) is 0.785. The number of likely N-dealkylation sites (N-methyl/N-ethyl adjacent to an activating group) is 1. The number of ether oxygens (including phenoxy) is 1. The summed E-state index contributed by atoms with van der Waals surface area (Å²) in [6.07, 6.45) is 0. The Hall–Kier alpha value is -1.15. The van der Waals surface area contributed by atoms with E-state index in [1.807, 2.05) is 31.3 Å². The van der Waals surface area contributed by atoms with Crippen LogP contribution >= 0.6 is 0 Å². The minimum Gasteiger partial charge on any atom is -0.496 e. The first-order valence-electron chi connectivity index (χ1n) is 6.51. The molecular formula is C13H21N3O3S. The minimum atomic E-state index is -3.39. The highest BCUT2D eigenvalue weighted by molar-refractivity contribution is 7.87. The fourth-order valence-electron chi connectivity index (χ4n) is 2.47. The smallest absolute Gasteiger partial charge is 0.279 e. The molecule has 1 unspecified atom stereocenters. The van der Waals surface area contributed by atoms with Gasteiger partial charge in [0, 0.05) is 32.2 Å². The van der Waals surface area contributed by atoms with Crippen LogP contribution in [-0.4, -0.2) is 58.5 Å². The number of nitrogens with one attached hydrogen (secondary N) is 1. The summed E-state index contributed by atoms with van der Waals surface area (Å²) in [7, 11) is 1.68. The Kier molecular flexibility index (Phi) is 4.64. The van der Waals surface area contributed by atoms with Gasteiger partial charge >= 0.3 is 0 Å². The first kappa shape index (κ1) is 15.2. The molecule has 1 aromatic rings. The van der Waals surface area contributed by atoms with E-state index in [-0.39, 0.29) is 6.04 Å². The number of piperazine rings is 1. The largest absolute Gasteiger partial charge is 0.496 e. The van der Waals surface area contributed by atoms with Crippen LogP contribution in [0.5, 0.6) is 5.75 Å². The third-order valence-corrected chi connectivity index (χ3v) is 5.23. The molecule has 1 N–H and O–H groups in total. The molecule has 1 aromatic carbocycles. The SMILES string of the molecule is CNS(=O)(=O)N1CCN(C)C(c2ccccc2OC)C1. The zero-order chi connectivity index (χ0) is 14.8. The number of hydrogen-bond donors (Lipinski definition) is 1. The Bertz CT molecular complexity index is 562. The van der Waals surface area contributed by atoms with Crippen molar-refractivity contribution >= 4 is 10.2 Å². The molecule has 0 aliphatic carbocycles. The molecular weight excluding hydrogens is 278 g/mol. The second kappa shape index (κ2) is 6.09. The van der Waals surface area contributed by atoms with Crippen LogP contribution in [0.4, 0.5) is 0 Å². The lowest BCUT2D eigenvalue weighted by Crippen LogP contribution is -2.51. The monoisotopic (exact) mass is 299 g/mol. The Morgan fingerprint density at radius 3 is 2.65 bits per heavy atom. The van der Waals surface area contributed by atoms with Crippen LogP contribution < -0.4 is 9.46 Å². The first-order chi connectivity index (χ1) is 9.49. The molecule has 0 radical (unpaired) electrons. The van der Waals surface area contributed by atoms with Crippen LogP contribution in [-0.2, 0) is 10.2 Å². The lowest BCUT2D eigenvalue weighted by atomic mass is 10.0.